The van der Waals surface area contributed by atoms with Crippen molar-refractivity contribution >= 4 is 39.2 Å². The molecular weight excluding hydrogens is 579 g/mol. The molecule has 0 aliphatic carbocycles. The third-order valence-electron chi connectivity index (χ3n) is 7.14. The minimum Gasteiger partial charge on any atom is -0.334 e. The fourth-order valence-corrected chi connectivity index (χ4v) is 6.64. The Balaban J connectivity index is 1.52. The van der Waals surface area contributed by atoms with E-state index in [4.69, 9.17) is 11.6 Å². The summed E-state index contributed by atoms with van der Waals surface area (Å²) in [6.45, 7) is 4.63. The van der Waals surface area contributed by atoms with Crippen LogP contribution >= 0.6 is 11.6 Å². The first kappa shape index (κ1) is 31.5. The van der Waals surface area contributed by atoms with E-state index in [1.165, 1.54) is 40.7 Å². The van der Waals surface area contributed by atoms with Gasteiger partial charge in [-0.25, -0.2) is 17.6 Å². The fourth-order valence-electron chi connectivity index (χ4n) is 4.96. The van der Waals surface area contributed by atoms with Gasteiger partial charge in [0.15, 0.2) is 0 Å². The number of nitrogens with zero attached hydrogens (tertiary/aromatic N) is 3. The van der Waals surface area contributed by atoms with E-state index in [-0.39, 0.29) is 54.2 Å². The number of hydrogen-bond acceptors (Lipinski definition) is 4. The van der Waals surface area contributed by atoms with Gasteiger partial charge in [0.05, 0.1) is 11.4 Å². The Kier molecular flexibility index (Phi) is 10.6. The lowest BCUT2D eigenvalue weighted by Crippen LogP contribution is -2.52. The van der Waals surface area contributed by atoms with Crippen LogP contribution in [0.1, 0.15) is 32.3 Å². The summed E-state index contributed by atoms with van der Waals surface area (Å²) >= 11 is 5.97. The van der Waals surface area contributed by atoms with E-state index in [9.17, 15) is 22.4 Å². The Labute approximate surface area is 252 Å². The molecule has 3 aromatic carbocycles. The zero-order chi connectivity index (χ0) is 30.3. The molecule has 224 valence electrons. The Morgan fingerprint density at radius 1 is 0.976 bits per heavy atom. The van der Waals surface area contributed by atoms with Gasteiger partial charge < -0.3 is 15.1 Å². The van der Waals surface area contributed by atoms with Crippen molar-refractivity contribution in [2.45, 2.75) is 44.2 Å². The van der Waals surface area contributed by atoms with Gasteiger partial charge >= 0.3 is 6.03 Å². The van der Waals surface area contributed by atoms with Crippen molar-refractivity contribution in [3.05, 3.63) is 95.3 Å². The molecule has 1 saturated heterocycles. The van der Waals surface area contributed by atoms with Gasteiger partial charge in [0, 0.05) is 42.9 Å². The summed E-state index contributed by atoms with van der Waals surface area (Å²) in [5, 5.41) is 3.30. The van der Waals surface area contributed by atoms with E-state index in [0.717, 1.165) is 5.56 Å². The Bertz CT molecular complexity index is 1450. The van der Waals surface area contributed by atoms with Gasteiger partial charge in [0.25, 0.3) is 0 Å². The number of amides is 3. The molecule has 3 aromatic rings. The molecule has 0 radical (unpaired) electrons. The number of rotatable bonds is 10. The van der Waals surface area contributed by atoms with Crippen LogP contribution in [0.25, 0.3) is 0 Å². The van der Waals surface area contributed by atoms with Gasteiger partial charge in [-0.05, 0) is 72.9 Å². The molecule has 1 fully saturated rings. The van der Waals surface area contributed by atoms with Crippen molar-refractivity contribution in [3.63, 3.8) is 0 Å². The molecule has 0 spiro atoms. The van der Waals surface area contributed by atoms with Crippen LogP contribution in [0.3, 0.4) is 0 Å². The number of sulfonamides is 1. The number of benzene rings is 3. The SMILES string of the molecule is CC(C)CN(CC(=O)N(Cc1ccc(F)cc1)C1CCN(C(=O)Nc2ccccc2)CC1)S(=O)(=O)c1ccc(Cl)cc1. The summed E-state index contributed by atoms with van der Waals surface area (Å²) in [4.78, 5) is 30.2. The van der Waals surface area contributed by atoms with Gasteiger partial charge in [-0.2, -0.15) is 4.31 Å². The molecule has 1 N–H and O–H groups in total. The zero-order valence-corrected chi connectivity index (χ0v) is 25.3. The van der Waals surface area contributed by atoms with Crippen molar-refractivity contribution in [2.75, 3.05) is 31.5 Å². The highest BCUT2D eigenvalue weighted by Gasteiger charge is 2.34. The van der Waals surface area contributed by atoms with E-state index < -0.39 is 10.0 Å². The van der Waals surface area contributed by atoms with E-state index in [2.05, 4.69) is 5.32 Å². The van der Waals surface area contributed by atoms with Gasteiger partial charge in [-0.3, -0.25) is 4.79 Å². The van der Waals surface area contributed by atoms with Gasteiger partial charge in [-0.15, -0.1) is 0 Å². The number of carbonyl (C=O) groups excluding carboxylic acids is 2. The Morgan fingerprint density at radius 3 is 2.19 bits per heavy atom. The minimum atomic E-state index is -3.98. The van der Waals surface area contributed by atoms with Crippen LogP contribution in [0, 0.1) is 11.7 Å². The molecule has 11 heteroatoms. The summed E-state index contributed by atoms with van der Waals surface area (Å²) in [5.41, 5.74) is 1.43. The molecule has 0 bridgehead atoms. The molecule has 3 amide bonds. The van der Waals surface area contributed by atoms with E-state index in [1.54, 1.807) is 21.9 Å². The van der Waals surface area contributed by atoms with Crippen LogP contribution in [0.4, 0.5) is 14.9 Å². The highest BCUT2D eigenvalue weighted by molar-refractivity contribution is 7.89. The molecule has 1 heterocycles. The van der Waals surface area contributed by atoms with Gasteiger partial charge in [-0.1, -0.05) is 55.8 Å². The summed E-state index contributed by atoms with van der Waals surface area (Å²) in [6.07, 6.45) is 1.03. The lowest BCUT2D eigenvalue weighted by atomic mass is 10.0. The summed E-state index contributed by atoms with van der Waals surface area (Å²) in [7, 11) is -3.98. The van der Waals surface area contributed by atoms with Crippen molar-refractivity contribution in [2.24, 2.45) is 5.92 Å². The van der Waals surface area contributed by atoms with E-state index in [0.29, 0.717) is 36.6 Å². The molecule has 4 rings (SSSR count). The van der Waals surface area contributed by atoms with Crippen LogP contribution in [0.15, 0.2) is 83.8 Å². The molecule has 1 aliphatic rings. The van der Waals surface area contributed by atoms with Crippen molar-refractivity contribution in [3.8, 4) is 0 Å². The lowest BCUT2D eigenvalue weighted by molar-refractivity contribution is -0.135. The second kappa shape index (κ2) is 14.1. The first-order chi connectivity index (χ1) is 20.0. The van der Waals surface area contributed by atoms with Crippen LogP contribution < -0.4 is 5.32 Å². The summed E-state index contributed by atoms with van der Waals surface area (Å²) in [6, 6.07) is 20.5. The smallest absolute Gasteiger partial charge is 0.321 e. The number of hydrogen-bond donors (Lipinski definition) is 1. The summed E-state index contributed by atoms with van der Waals surface area (Å²) in [5.74, 6) is -0.770. The van der Waals surface area contributed by atoms with Crippen LogP contribution in [-0.4, -0.2) is 66.7 Å². The minimum absolute atomic E-state index is 0.0308. The van der Waals surface area contributed by atoms with Crippen molar-refractivity contribution in [1.29, 1.82) is 0 Å². The quantitative estimate of drug-likeness (QED) is 0.310. The predicted molar refractivity (Wildman–Crippen MR) is 162 cm³/mol. The average molecular weight is 615 g/mol. The number of likely N-dealkylation sites (tertiary alicyclic amines) is 1. The standard InChI is InChI=1S/C31H36ClFN4O4S/c1-23(2)20-36(42(40,41)29-14-10-25(32)11-15-29)22-30(38)37(21-24-8-12-26(33)13-9-24)28-16-18-35(19-17-28)31(39)34-27-6-4-3-5-7-27/h3-15,23,28H,16-22H2,1-2H3,(H,34,39). The number of nitrogens with one attached hydrogen (secondary N) is 1. The molecule has 0 aromatic heterocycles. The highest BCUT2D eigenvalue weighted by atomic mass is 35.5. The lowest BCUT2D eigenvalue weighted by Gasteiger charge is -2.39. The Morgan fingerprint density at radius 2 is 1.60 bits per heavy atom. The van der Waals surface area contributed by atoms with E-state index >= 15 is 0 Å². The van der Waals surface area contributed by atoms with Crippen LogP contribution in [-0.2, 0) is 21.4 Å². The zero-order valence-electron chi connectivity index (χ0n) is 23.7. The molecule has 0 atom stereocenters. The van der Waals surface area contributed by atoms with Crippen LogP contribution in [0.5, 0.6) is 0 Å². The second-order valence-electron chi connectivity index (χ2n) is 10.8. The molecule has 0 unspecified atom stereocenters. The van der Waals surface area contributed by atoms with E-state index in [1.807, 2.05) is 44.2 Å². The third kappa shape index (κ3) is 8.30. The van der Waals surface area contributed by atoms with Gasteiger partial charge in [0.2, 0.25) is 15.9 Å². The number of carbonyl (C=O) groups is 2. The van der Waals surface area contributed by atoms with Crippen molar-refractivity contribution < 1.29 is 22.4 Å². The first-order valence-corrected chi connectivity index (χ1v) is 15.8. The maximum absolute atomic E-state index is 13.9. The maximum Gasteiger partial charge on any atom is 0.321 e. The highest BCUT2D eigenvalue weighted by Crippen LogP contribution is 2.24. The van der Waals surface area contributed by atoms with Crippen molar-refractivity contribution in [1.82, 2.24) is 14.1 Å². The molecule has 0 saturated carbocycles. The number of anilines is 1. The maximum atomic E-state index is 13.9. The topological polar surface area (TPSA) is 90.0 Å². The average Bonchev–Trinajstić information content (AvgIpc) is 2.97. The number of para-hydroxylation sites is 1. The van der Waals surface area contributed by atoms with Crippen LogP contribution in [0.2, 0.25) is 5.02 Å². The largest absolute Gasteiger partial charge is 0.334 e. The second-order valence-corrected chi connectivity index (χ2v) is 13.2. The molecule has 1 aliphatic heterocycles. The number of piperidine rings is 1. The summed E-state index contributed by atoms with van der Waals surface area (Å²) < 4.78 is 42.0. The number of halogens is 2. The first-order valence-electron chi connectivity index (χ1n) is 13.9. The molecule has 8 nitrogen and oxygen atoms in total. The Hall–Kier alpha value is -3.47. The van der Waals surface area contributed by atoms with Gasteiger partial charge in [0.1, 0.15) is 5.82 Å². The fraction of sp³-hybridized carbons (Fsp3) is 0.355. The molecular formula is C31H36ClFN4O4S. The predicted octanol–water partition coefficient (Wildman–Crippen LogP) is 5.85. The monoisotopic (exact) mass is 614 g/mol. The molecule has 42 heavy (non-hydrogen) atoms. The third-order valence-corrected chi connectivity index (χ3v) is 9.21. The normalized spacial score (nSPS) is 14.3. The number of urea groups is 1.